The summed E-state index contributed by atoms with van der Waals surface area (Å²) in [7, 11) is 0. The van der Waals surface area contributed by atoms with E-state index in [0.717, 1.165) is 49.9 Å². The molecular formula is C56H54F3N7O7S2. The number of aliphatic hydroxyl groups is 1. The topological polar surface area (TPSA) is 177 Å². The highest BCUT2D eigenvalue weighted by molar-refractivity contribution is 7.81. The summed E-state index contributed by atoms with van der Waals surface area (Å²) >= 11 is 7.24. The number of hydrogen-bond acceptors (Lipinski definition) is 11. The van der Waals surface area contributed by atoms with E-state index in [1.165, 1.54) is 11.0 Å². The number of amides is 4. The van der Waals surface area contributed by atoms with E-state index in [4.69, 9.17) is 21.7 Å². The molecule has 0 spiro atoms. The van der Waals surface area contributed by atoms with Crippen molar-refractivity contribution < 1.29 is 46.9 Å². The van der Waals surface area contributed by atoms with Gasteiger partial charge >= 0.3 is 6.18 Å². The number of β-amino-alcohol motifs (C(OH)–C–C–N with tert-alkyl or cyclic N) is 1. The summed E-state index contributed by atoms with van der Waals surface area (Å²) in [4.78, 5) is 64.4. The van der Waals surface area contributed by atoms with E-state index < -0.39 is 70.1 Å². The lowest BCUT2D eigenvalue weighted by Crippen LogP contribution is -2.57. The molecule has 1 unspecified atom stereocenters. The second kappa shape index (κ2) is 21.7. The standard InChI is InChI=1S/C56H54F3N7O7S2/c1-33-47(75-32-62-33)37-9-7-34(8-10-37)30-61-50(69)46-28-42(67)31-64(46)51(70)48(54(2,3)4)63-49(68)38-16-23-44(24-17-38)73-26-25-72-43-21-14-36(15-22-43)35-11-18-40(19-12-35)66-53(74)65(52(71)55(66,5)6)41-20-13-39(29-60)45(27-41)56(57,58)59/h7-24,27,32,42,46,48,67H,25-26,28,30-31H2,1-6H3,(H,61,69)(H,63,68)/t42-,46+,48?/m1/s1. The molecule has 2 fully saturated rings. The molecule has 3 heterocycles. The molecule has 2 aliphatic heterocycles. The third-order valence-electron chi connectivity index (χ3n) is 13.1. The van der Waals surface area contributed by atoms with Crippen LogP contribution in [-0.2, 0) is 27.1 Å². The van der Waals surface area contributed by atoms with Gasteiger partial charge in [-0.25, -0.2) is 4.98 Å². The Hall–Kier alpha value is -7.66. The Bertz CT molecular complexity index is 3150. The maximum Gasteiger partial charge on any atom is 0.417 e. The molecule has 75 heavy (non-hydrogen) atoms. The van der Waals surface area contributed by atoms with E-state index in [1.807, 2.05) is 88.4 Å². The van der Waals surface area contributed by atoms with Gasteiger partial charge in [0.1, 0.15) is 42.3 Å². The van der Waals surface area contributed by atoms with E-state index in [9.17, 15) is 42.7 Å². The third-order valence-corrected chi connectivity index (χ3v) is 14.4. The van der Waals surface area contributed by atoms with E-state index in [-0.39, 0.29) is 43.5 Å². The molecule has 19 heteroatoms. The van der Waals surface area contributed by atoms with Crippen LogP contribution in [0, 0.1) is 23.7 Å². The number of aryl methyl sites for hydroxylation is 1. The maximum absolute atomic E-state index is 14.2. The molecule has 388 valence electrons. The second-order valence-corrected chi connectivity index (χ2v) is 21.0. The molecule has 0 aliphatic carbocycles. The van der Waals surface area contributed by atoms with Crippen molar-refractivity contribution in [3.05, 3.63) is 149 Å². The van der Waals surface area contributed by atoms with Crippen molar-refractivity contribution >= 4 is 63.7 Å². The Morgan fingerprint density at radius 2 is 1.45 bits per heavy atom. The van der Waals surface area contributed by atoms with Gasteiger partial charge < -0.3 is 35.0 Å². The number of hydrogen-bond donors (Lipinski definition) is 3. The van der Waals surface area contributed by atoms with Gasteiger partial charge in [0.2, 0.25) is 11.8 Å². The molecule has 3 N–H and O–H groups in total. The second-order valence-electron chi connectivity index (χ2n) is 19.8. The van der Waals surface area contributed by atoms with Crippen LogP contribution in [0.25, 0.3) is 21.6 Å². The van der Waals surface area contributed by atoms with Crippen molar-refractivity contribution in [3.63, 3.8) is 0 Å². The number of nitriles is 1. The van der Waals surface area contributed by atoms with Crippen molar-refractivity contribution in [2.24, 2.45) is 5.41 Å². The largest absolute Gasteiger partial charge is 0.490 e. The molecule has 8 rings (SSSR count). The fourth-order valence-corrected chi connectivity index (χ4v) is 10.4. The lowest BCUT2D eigenvalue weighted by Gasteiger charge is -2.35. The lowest BCUT2D eigenvalue weighted by atomic mass is 9.85. The third kappa shape index (κ3) is 11.7. The zero-order valence-corrected chi connectivity index (χ0v) is 43.5. The first-order chi connectivity index (χ1) is 35.5. The van der Waals surface area contributed by atoms with Gasteiger partial charge in [0.15, 0.2) is 5.11 Å². The smallest absolute Gasteiger partial charge is 0.417 e. The van der Waals surface area contributed by atoms with Crippen LogP contribution < -0.4 is 29.9 Å². The number of benzene rings is 5. The first-order valence-corrected chi connectivity index (χ1v) is 25.3. The van der Waals surface area contributed by atoms with Crippen molar-refractivity contribution in [1.82, 2.24) is 20.5 Å². The minimum Gasteiger partial charge on any atom is -0.490 e. The fraction of sp³-hybridized carbons (Fsp3) is 0.304. The SMILES string of the molecule is Cc1ncsc1-c1ccc(CNC(=O)[C@@H]2C[C@@H](O)CN2C(=O)C(NC(=O)c2ccc(OCCOc3ccc(-c4ccc(N5C(=S)N(c6ccc(C#N)c(C(F)(F)F)c6)C(=O)C5(C)C)cc4)cc3)cc2)C(C)(C)C)cc1. The van der Waals surface area contributed by atoms with Crippen LogP contribution in [0.4, 0.5) is 24.5 Å². The van der Waals surface area contributed by atoms with Crippen LogP contribution in [0.2, 0.25) is 0 Å². The Morgan fingerprint density at radius 1 is 0.880 bits per heavy atom. The molecule has 2 aliphatic rings. The first kappa shape index (κ1) is 53.6. The van der Waals surface area contributed by atoms with Crippen LogP contribution in [0.5, 0.6) is 11.5 Å². The van der Waals surface area contributed by atoms with Gasteiger partial charge in [-0.05, 0) is 127 Å². The van der Waals surface area contributed by atoms with Crippen LogP contribution in [0.3, 0.4) is 0 Å². The highest BCUT2D eigenvalue weighted by Crippen LogP contribution is 2.40. The molecule has 6 aromatic rings. The number of nitrogens with zero attached hydrogens (tertiary/aromatic N) is 5. The molecule has 0 saturated carbocycles. The number of alkyl halides is 3. The maximum atomic E-state index is 14.2. The summed E-state index contributed by atoms with van der Waals surface area (Å²) in [6.07, 6.45) is -5.65. The number of anilines is 2. The van der Waals surface area contributed by atoms with Gasteiger partial charge in [0, 0.05) is 30.8 Å². The molecule has 0 bridgehead atoms. The summed E-state index contributed by atoms with van der Waals surface area (Å²) in [5.74, 6) is -0.800. The minimum absolute atomic E-state index is 0.00231. The van der Waals surface area contributed by atoms with E-state index in [2.05, 4.69) is 15.6 Å². The van der Waals surface area contributed by atoms with Crippen LogP contribution in [0.15, 0.2) is 121 Å². The van der Waals surface area contributed by atoms with Gasteiger partial charge in [-0.15, -0.1) is 11.3 Å². The van der Waals surface area contributed by atoms with Gasteiger partial charge in [0.05, 0.1) is 45.1 Å². The van der Waals surface area contributed by atoms with Gasteiger partial charge in [-0.1, -0.05) is 69.3 Å². The summed E-state index contributed by atoms with van der Waals surface area (Å²) in [5.41, 5.74) is 3.42. The fourth-order valence-electron chi connectivity index (χ4n) is 9.02. The Kier molecular flexibility index (Phi) is 15.5. The molecule has 3 atom stereocenters. The first-order valence-electron chi connectivity index (χ1n) is 24.0. The molecule has 0 radical (unpaired) electrons. The average Bonchev–Trinajstić information content (AvgIpc) is 4.05. The van der Waals surface area contributed by atoms with E-state index >= 15 is 0 Å². The molecule has 14 nitrogen and oxygen atoms in total. The van der Waals surface area contributed by atoms with Crippen LogP contribution in [0.1, 0.15) is 73.8 Å². The minimum atomic E-state index is -4.81. The number of nitrogens with one attached hydrogen (secondary N) is 2. The summed E-state index contributed by atoms with van der Waals surface area (Å²) in [6, 6.07) is 31.6. The van der Waals surface area contributed by atoms with Crippen LogP contribution >= 0.6 is 23.6 Å². The zero-order chi connectivity index (χ0) is 54.0. The number of ether oxygens (including phenoxy) is 2. The molecule has 2 saturated heterocycles. The number of thiazole rings is 1. The summed E-state index contributed by atoms with van der Waals surface area (Å²) in [6.45, 7) is 11.3. The number of likely N-dealkylation sites (tertiary alicyclic amines) is 1. The molecule has 4 amide bonds. The molecule has 5 aromatic carbocycles. The van der Waals surface area contributed by atoms with E-state index in [1.54, 1.807) is 78.1 Å². The number of thiocarbonyl (C=S) groups is 1. The summed E-state index contributed by atoms with van der Waals surface area (Å²) < 4.78 is 53.2. The van der Waals surface area contributed by atoms with E-state index in [0.29, 0.717) is 22.7 Å². The normalized spacial score (nSPS) is 16.9. The average molecular weight is 1060 g/mol. The van der Waals surface area contributed by atoms with Gasteiger partial charge in [-0.3, -0.25) is 24.1 Å². The highest BCUT2D eigenvalue weighted by atomic mass is 32.1. The van der Waals surface area contributed by atoms with Crippen molar-refractivity contribution in [3.8, 4) is 39.1 Å². The van der Waals surface area contributed by atoms with Gasteiger partial charge in [-0.2, -0.15) is 18.4 Å². The van der Waals surface area contributed by atoms with Crippen molar-refractivity contribution in [2.45, 2.75) is 84.4 Å². The number of carbonyl (C=O) groups is 4. The molecular weight excluding hydrogens is 1000 g/mol. The predicted molar refractivity (Wildman–Crippen MR) is 283 cm³/mol. The van der Waals surface area contributed by atoms with Crippen molar-refractivity contribution in [1.29, 1.82) is 5.26 Å². The Balaban J connectivity index is 0.812. The number of rotatable bonds is 15. The highest BCUT2D eigenvalue weighted by Gasteiger charge is 2.51. The predicted octanol–water partition coefficient (Wildman–Crippen LogP) is 9.47. The monoisotopic (exact) mass is 1060 g/mol. The number of carbonyl (C=O) groups excluding carboxylic acids is 4. The quantitative estimate of drug-likeness (QED) is 0.0660. The zero-order valence-electron chi connectivity index (χ0n) is 41.9. The summed E-state index contributed by atoms with van der Waals surface area (Å²) in [5, 5.41) is 25.7. The number of halogens is 3. The Labute approximate surface area is 441 Å². The Morgan fingerprint density at radius 3 is 2.01 bits per heavy atom. The molecule has 1 aromatic heterocycles. The van der Waals surface area contributed by atoms with Gasteiger partial charge in [0.25, 0.3) is 11.8 Å². The number of aliphatic hydroxyl groups excluding tert-OH is 1. The van der Waals surface area contributed by atoms with Crippen molar-refractivity contribution in [2.75, 3.05) is 29.6 Å². The number of aromatic nitrogens is 1. The lowest BCUT2D eigenvalue weighted by molar-refractivity contribution is -0.142. The van der Waals surface area contributed by atoms with Crippen LogP contribution in [-0.4, -0.2) is 87.2 Å².